The second-order valence-corrected chi connectivity index (χ2v) is 9.01. The van der Waals surface area contributed by atoms with Gasteiger partial charge in [0.1, 0.15) is 23.5 Å². The van der Waals surface area contributed by atoms with Gasteiger partial charge < -0.3 is 15.2 Å². The summed E-state index contributed by atoms with van der Waals surface area (Å²) in [5.74, 6) is 0.538. The molecule has 3 atom stereocenters. The van der Waals surface area contributed by atoms with E-state index in [1.807, 2.05) is 37.4 Å². The monoisotopic (exact) mass is 471 g/mol. The predicted molar refractivity (Wildman–Crippen MR) is 129 cm³/mol. The van der Waals surface area contributed by atoms with Crippen molar-refractivity contribution < 1.29 is 14.6 Å². The number of amides is 1. The van der Waals surface area contributed by atoms with Gasteiger partial charge in [-0.2, -0.15) is 15.6 Å². The number of nitrogens with zero attached hydrogens (tertiary/aromatic N) is 4. The Morgan fingerprint density at radius 1 is 1.26 bits per heavy atom. The highest BCUT2D eigenvalue weighted by atomic mass is 16.5. The normalized spacial score (nSPS) is 22.9. The van der Waals surface area contributed by atoms with Crippen molar-refractivity contribution in [1.82, 2.24) is 10.7 Å². The quantitative estimate of drug-likeness (QED) is 0.232. The lowest BCUT2D eigenvalue weighted by atomic mass is 9.86. The number of hydrazone groups is 1. The Labute approximate surface area is 202 Å². The lowest BCUT2D eigenvalue weighted by molar-refractivity contribution is -0.121. The van der Waals surface area contributed by atoms with Gasteiger partial charge in [-0.15, -0.1) is 0 Å². The Bertz CT molecular complexity index is 1290. The third-order valence-electron chi connectivity index (χ3n) is 5.99. The molecule has 2 aliphatic rings. The molecule has 0 radical (unpaired) electrons. The molecule has 2 heterocycles. The molecule has 178 valence electrons. The molecule has 0 aromatic heterocycles. The number of hydrogen-bond donors (Lipinski definition) is 4. The number of guanidine groups is 1. The summed E-state index contributed by atoms with van der Waals surface area (Å²) >= 11 is 0. The van der Waals surface area contributed by atoms with Gasteiger partial charge in [0.15, 0.2) is 6.19 Å². The van der Waals surface area contributed by atoms with Crippen molar-refractivity contribution in [3.63, 3.8) is 0 Å². The summed E-state index contributed by atoms with van der Waals surface area (Å²) in [4.78, 5) is 16.1. The second kappa shape index (κ2) is 9.45. The molecular weight excluding hydrogens is 446 g/mol. The van der Waals surface area contributed by atoms with Crippen LogP contribution in [0.15, 0.2) is 52.6 Å². The zero-order chi connectivity index (χ0) is 25.2. The summed E-state index contributed by atoms with van der Waals surface area (Å²) in [5.41, 5.74) is 4.84. The number of ether oxygens (including phenoxy) is 1. The van der Waals surface area contributed by atoms with E-state index < -0.39 is 17.7 Å². The van der Waals surface area contributed by atoms with Gasteiger partial charge in [-0.1, -0.05) is 19.1 Å². The Balaban J connectivity index is 1.63. The highest BCUT2D eigenvalue weighted by Crippen LogP contribution is 2.42. The second-order valence-electron chi connectivity index (χ2n) is 9.01. The first-order valence-corrected chi connectivity index (χ1v) is 11.1. The zero-order valence-electron chi connectivity index (χ0n) is 19.5. The number of aliphatic imine (C=N–C) groups is 1. The number of benzene rings is 2. The fourth-order valence-electron chi connectivity index (χ4n) is 4.13. The number of carbonyl (C=O) groups excluding carboxylic acids is 1. The summed E-state index contributed by atoms with van der Waals surface area (Å²) in [7, 11) is 0. The van der Waals surface area contributed by atoms with Crippen LogP contribution in [0.2, 0.25) is 0 Å². The summed E-state index contributed by atoms with van der Waals surface area (Å²) in [6, 6.07) is 13.6. The summed E-state index contributed by atoms with van der Waals surface area (Å²) in [6.07, 6.45) is 1.20. The molecule has 4 rings (SSSR count). The molecule has 0 spiro atoms. The number of rotatable bonds is 3. The number of anilines is 1. The van der Waals surface area contributed by atoms with Crippen LogP contribution in [-0.4, -0.2) is 34.4 Å². The number of aliphatic hydroxyl groups is 1. The van der Waals surface area contributed by atoms with Gasteiger partial charge in [0.25, 0.3) is 0 Å². The number of fused-ring (bicyclic) bond motifs is 1. The minimum absolute atomic E-state index is 0.00308. The molecule has 0 saturated heterocycles. The fraction of sp³-hybridized carbons (Fsp3) is 0.320. The van der Waals surface area contributed by atoms with Crippen molar-refractivity contribution in [1.29, 1.82) is 10.5 Å². The van der Waals surface area contributed by atoms with E-state index in [0.717, 1.165) is 11.3 Å². The molecule has 2 aromatic carbocycles. The van der Waals surface area contributed by atoms with Crippen LogP contribution in [0.1, 0.15) is 49.9 Å². The Morgan fingerprint density at radius 3 is 2.66 bits per heavy atom. The van der Waals surface area contributed by atoms with Crippen LogP contribution in [0.4, 0.5) is 5.69 Å². The first-order valence-electron chi connectivity index (χ1n) is 11.1. The van der Waals surface area contributed by atoms with E-state index >= 15 is 0 Å². The topological polar surface area (TPSA) is 155 Å². The zero-order valence-corrected chi connectivity index (χ0v) is 19.5. The minimum Gasteiger partial charge on any atom is -0.485 e. The molecule has 35 heavy (non-hydrogen) atoms. The fourth-order valence-corrected chi connectivity index (χ4v) is 4.13. The highest BCUT2D eigenvalue weighted by Gasteiger charge is 2.43. The van der Waals surface area contributed by atoms with Crippen molar-refractivity contribution in [2.75, 3.05) is 5.32 Å². The van der Waals surface area contributed by atoms with Crippen molar-refractivity contribution in [3.8, 4) is 18.0 Å². The maximum absolute atomic E-state index is 11.5. The standard InChI is InChI=1S/C25H25N7O3/c1-14-10-20(33)31-32-21(14)16-5-7-17(8-6-16)29-24(28-13-27)30-22-18-11-15(12-26)4-9-19(18)35-25(2,3)23(22)34/h4-9,11,14,22-23,34H,10H2,1-3H3,(H,31,33)(H2,28,29,30)/t14?,22-,23+/m0/s1. The third-order valence-corrected chi connectivity index (χ3v) is 5.99. The molecule has 0 saturated carbocycles. The molecule has 0 bridgehead atoms. The van der Waals surface area contributed by atoms with Crippen LogP contribution in [0, 0.1) is 28.7 Å². The van der Waals surface area contributed by atoms with Crippen molar-refractivity contribution >= 4 is 23.3 Å². The molecule has 10 nitrogen and oxygen atoms in total. The maximum Gasteiger partial charge on any atom is 0.240 e. The summed E-state index contributed by atoms with van der Waals surface area (Å²) < 4.78 is 5.94. The van der Waals surface area contributed by atoms with E-state index in [4.69, 9.17) is 4.74 Å². The van der Waals surface area contributed by atoms with Gasteiger partial charge in [0.2, 0.25) is 11.9 Å². The van der Waals surface area contributed by atoms with Gasteiger partial charge in [-0.05, 0) is 49.7 Å². The lowest BCUT2D eigenvalue weighted by Gasteiger charge is -2.40. The maximum atomic E-state index is 11.5. The molecule has 4 N–H and O–H groups in total. The molecule has 0 fully saturated rings. The predicted octanol–water partition coefficient (Wildman–Crippen LogP) is 2.53. The SMILES string of the molecule is CC1CC(=O)NN=C1c1ccc(NC(=N[C@H]2c3cc(C#N)ccc3OC(C)(C)[C@@H]2O)NC#N)cc1. The van der Waals surface area contributed by atoms with E-state index in [1.165, 1.54) is 0 Å². The van der Waals surface area contributed by atoms with Gasteiger partial charge in [0.05, 0.1) is 17.3 Å². The van der Waals surface area contributed by atoms with Crippen molar-refractivity contribution in [2.24, 2.45) is 16.0 Å². The number of nitriles is 2. The first-order chi connectivity index (χ1) is 16.7. The van der Waals surface area contributed by atoms with Gasteiger partial charge in [-0.3, -0.25) is 10.1 Å². The number of aliphatic hydroxyl groups excluding tert-OH is 1. The largest absolute Gasteiger partial charge is 0.485 e. The van der Waals surface area contributed by atoms with E-state index in [2.05, 4.69) is 32.2 Å². The van der Waals surface area contributed by atoms with E-state index in [0.29, 0.717) is 29.0 Å². The summed E-state index contributed by atoms with van der Waals surface area (Å²) in [5, 5.41) is 39.4. The third kappa shape index (κ3) is 4.93. The smallest absolute Gasteiger partial charge is 0.240 e. The average molecular weight is 472 g/mol. The van der Waals surface area contributed by atoms with Crippen LogP contribution in [-0.2, 0) is 4.79 Å². The Hall–Kier alpha value is -4.41. The van der Waals surface area contributed by atoms with E-state index in [9.17, 15) is 20.4 Å². The van der Waals surface area contributed by atoms with Crippen LogP contribution in [0.5, 0.6) is 5.75 Å². The van der Waals surface area contributed by atoms with Crippen LogP contribution in [0.3, 0.4) is 0 Å². The van der Waals surface area contributed by atoms with Crippen molar-refractivity contribution in [3.05, 3.63) is 59.2 Å². The molecule has 2 aromatic rings. The van der Waals surface area contributed by atoms with Crippen LogP contribution in [0.25, 0.3) is 0 Å². The molecule has 1 unspecified atom stereocenters. The number of carbonyl (C=O) groups is 1. The van der Waals surface area contributed by atoms with Gasteiger partial charge in [-0.25, -0.2) is 10.4 Å². The Kier molecular flexibility index (Phi) is 6.41. The lowest BCUT2D eigenvalue weighted by Crippen LogP contribution is -2.49. The molecule has 10 heteroatoms. The van der Waals surface area contributed by atoms with Crippen LogP contribution < -0.4 is 20.8 Å². The molecular formula is C25H25N7O3. The Morgan fingerprint density at radius 2 is 2.00 bits per heavy atom. The van der Waals surface area contributed by atoms with E-state index in [1.54, 1.807) is 32.0 Å². The number of nitrogens with one attached hydrogen (secondary N) is 3. The van der Waals surface area contributed by atoms with Gasteiger partial charge in [0, 0.05) is 23.6 Å². The van der Waals surface area contributed by atoms with Gasteiger partial charge >= 0.3 is 0 Å². The highest BCUT2D eigenvalue weighted by molar-refractivity contribution is 6.06. The van der Waals surface area contributed by atoms with Crippen LogP contribution >= 0.6 is 0 Å². The van der Waals surface area contributed by atoms with Crippen molar-refractivity contribution in [2.45, 2.75) is 44.9 Å². The molecule has 0 aliphatic carbocycles. The summed E-state index contributed by atoms with van der Waals surface area (Å²) in [6.45, 7) is 5.45. The first kappa shape index (κ1) is 23.7. The minimum atomic E-state index is -1.04. The van der Waals surface area contributed by atoms with E-state index in [-0.39, 0.29) is 17.8 Å². The molecule has 2 aliphatic heterocycles. The average Bonchev–Trinajstić information content (AvgIpc) is 2.82. The molecule has 1 amide bonds. The number of hydrogen-bond acceptors (Lipinski definition) is 7.